The average molecular weight is 489 g/mol. The van der Waals surface area contributed by atoms with Gasteiger partial charge in [0.2, 0.25) is 20.0 Å². The van der Waals surface area contributed by atoms with E-state index in [2.05, 4.69) is 0 Å². The summed E-state index contributed by atoms with van der Waals surface area (Å²) in [5.41, 5.74) is 1.40. The Morgan fingerprint density at radius 1 is 0.633 bits per heavy atom. The molecule has 2 rings (SSSR count). The maximum Gasteiger partial charge on any atom is 0.228 e. The van der Waals surface area contributed by atoms with Crippen LogP contribution < -0.4 is 0 Å². The van der Waals surface area contributed by atoms with Crippen molar-refractivity contribution in [1.82, 2.24) is 7.42 Å². The summed E-state index contributed by atoms with van der Waals surface area (Å²) < 4.78 is 54.3. The third-order valence-electron chi connectivity index (χ3n) is 4.02. The fourth-order valence-corrected chi connectivity index (χ4v) is 9.81. The van der Waals surface area contributed by atoms with Gasteiger partial charge in [-0.1, -0.05) is 74.5 Å². The lowest BCUT2D eigenvalue weighted by atomic mass is 10.2. The minimum Gasteiger partial charge on any atom is -0.211 e. The van der Waals surface area contributed by atoms with E-state index < -0.39 is 20.0 Å². The second-order valence-electron chi connectivity index (χ2n) is 6.69. The van der Waals surface area contributed by atoms with E-state index in [0.29, 0.717) is 37.1 Å². The van der Waals surface area contributed by atoms with Crippen molar-refractivity contribution in [3.63, 3.8) is 0 Å². The summed E-state index contributed by atoms with van der Waals surface area (Å²) in [4.78, 5) is 0. The van der Waals surface area contributed by atoms with E-state index in [1.54, 1.807) is 48.5 Å². The summed E-state index contributed by atoms with van der Waals surface area (Å²) in [5, 5.41) is 0. The van der Waals surface area contributed by atoms with Crippen LogP contribution in [0, 0.1) is 0 Å². The molecule has 2 aromatic rings. The van der Waals surface area contributed by atoms with E-state index in [1.807, 2.05) is 26.0 Å². The van der Waals surface area contributed by atoms with Gasteiger partial charge in [-0.2, -0.15) is 0 Å². The van der Waals surface area contributed by atoms with Gasteiger partial charge in [-0.3, -0.25) is 0 Å². The van der Waals surface area contributed by atoms with Crippen molar-refractivity contribution in [1.29, 1.82) is 0 Å². The van der Waals surface area contributed by atoms with Crippen molar-refractivity contribution in [2.45, 2.75) is 38.2 Å². The quantitative estimate of drug-likeness (QED) is 0.301. The largest absolute Gasteiger partial charge is 0.228 e. The third-order valence-corrected chi connectivity index (χ3v) is 11.4. The molecular formula is C20H28N2O4S4. The van der Waals surface area contributed by atoms with Crippen molar-refractivity contribution in [3.8, 4) is 0 Å². The molecule has 0 radical (unpaired) electrons. The Labute approximate surface area is 188 Å². The molecule has 0 spiro atoms. The lowest BCUT2D eigenvalue weighted by molar-refractivity contribution is 0.535. The maximum atomic E-state index is 12.9. The van der Waals surface area contributed by atoms with Gasteiger partial charge in [0.1, 0.15) is 0 Å². The van der Waals surface area contributed by atoms with Crippen LogP contribution in [0.15, 0.2) is 60.7 Å². The molecule has 0 amide bonds. The first-order chi connectivity index (χ1) is 14.3. The third kappa shape index (κ3) is 7.90. The van der Waals surface area contributed by atoms with Gasteiger partial charge in [0.05, 0.1) is 11.5 Å². The summed E-state index contributed by atoms with van der Waals surface area (Å²) in [7, 11) is -5.26. The molecule has 0 aliphatic rings. The highest BCUT2D eigenvalue weighted by Gasteiger charge is 2.28. The van der Waals surface area contributed by atoms with Crippen molar-refractivity contribution >= 4 is 42.0 Å². The zero-order chi connectivity index (χ0) is 22.0. The standard InChI is InChI=1S/C20H28N2O4S4/c1-3-15-21(29(23,24)17-19-11-7-5-8-12-19)27-28-22(16-4-2)30(25,26)18-20-13-9-6-10-14-20/h5-14H,3-4,15-18H2,1-2H3. The molecule has 0 heterocycles. The molecule has 0 atom stereocenters. The van der Waals surface area contributed by atoms with E-state index >= 15 is 0 Å². The number of nitrogens with zero attached hydrogens (tertiary/aromatic N) is 2. The highest BCUT2D eigenvalue weighted by atomic mass is 33.1. The van der Waals surface area contributed by atoms with Gasteiger partial charge in [0.25, 0.3) is 0 Å². The highest BCUT2D eigenvalue weighted by molar-refractivity contribution is 8.76. The van der Waals surface area contributed by atoms with Gasteiger partial charge in [0.15, 0.2) is 0 Å². The van der Waals surface area contributed by atoms with Crippen LogP contribution in [0.25, 0.3) is 0 Å². The van der Waals surface area contributed by atoms with Gasteiger partial charge in [0, 0.05) is 35.0 Å². The smallest absolute Gasteiger partial charge is 0.211 e. The molecule has 0 saturated carbocycles. The van der Waals surface area contributed by atoms with Gasteiger partial charge >= 0.3 is 0 Å². The molecule has 0 saturated heterocycles. The minimum atomic E-state index is -3.60. The van der Waals surface area contributed by atoms with E-state index in [0.717, 1.165) is 22.0 Å². The number of benzene rings is 2. The Morgan fingerprint density at radius 2 is 0.967 bits per heavy atom. The number of hydrogen-bond acceptors (Lipinski definition) is 6. The van der Waals surface area contributed by atoms with E-state index in [4.69, 9.17) is 0 Å². The van der Waals surface area contributed by atoms with Crippen LogP contribution >= 0.6 is 22.0 Å². The Hall–Kier alpha value is -1.04. The SMILES string of the molecule is CCCN(SSN(CCC)S(=O)(=O)Cc1ccccc1)S(=O)(=O)Cc1ccccc1. The van der Waals surface area contributed by atoms with Gasteiger partial charge in [-0.25, -0.2) is 16.8 Å². The summed E-state index contributed by atoms with van der Waals surface area (Å²) in [6.45, 7) is 4.41. The predicted octanol–water partition coefficient (Wildman–Crippen LogP) is 4.68. The first-order valence-electron chi connectivity index (χ1n) is 9.72. The molecule has 0 aromatic heterocycles. The second-order valence-corrected chi connectivity index (χ2v) is 13.0. The molecule has 10 heteroatoms. The Kier molecular flexibility index (Phi) is 10.2. The Bertz CT molecular complexity index is 887. The molecule has 0 bridgehead atoms. The zero-order valence-electron chi connectivity index (χ0n) is 17.2. The Balaban J connectivity index is 2.12. The van der Waals surface area contributed by atoms with Crippen LogP contribution in [0.3, 0.4) is 0 Å². The second kappa shape index (κ2) is 12.1. The molecule has 0 aliphatic heterocycles. The van der Waals surface area contributed by atoms with Gasteiger partial charge < -0.3 is 0 Å². The van der Waals surface area contributed by atoms with Gasteiger partial charge in [-0.05, 0) is 24.0 Å². The van der Waals surface area contributed by atoms with Crippen LogP contribution in [0.2, 0.25) is 0 Å². The number of sulfonamides is 2. The van der Waals surface area contributed by atoms with Crippen LogP contribution in [0.5, 0.6) is 0 Å². The van der Waals surface area contributed by atoms with E-state index in [9.17, 15) is 16.8 Å². The Morgan fingerprint density at radius 3 is 1.27 bits per heavy atom. The summed E-state index contributed by atoms with van der Waals surface area (Å²) in [6, 6.07) is 18.0. The van der Waals surface area contributed by atoms with Crippen LogP contribution in [-0.2, 0) is 31.6 Å². The monoisotopic (exact) mass is 488 g/mol. The molecule has 30 heavy (non-hydrogen) atoms. The molecule has 0 N–H and O–H groups in total. The molecule has 166 valence electrons. The van der Waals surface area contributed by atoms with Crippen molar-refractivity contribution in [3.05, 3.63) is 71.8 Å². The molecule has 6 nitrogen and oxygen atoms in total. The molecule has 0 unspecified atom stereocenters. The lowest BCUT2D eigenvalue weighted by Gasteiger charge is -2.24. The fraction of sp³-hybridized carbons (Fsp3) is 0.400. The lowest BCUT2D eigenvalue weighted by Crippen LogP contribution is -2.30. The van der Waals surface area contributed by atoms with Crippen molar-refractivity contribution in [2.24, 2.45) is 0 Å². The molecule has 0 fully saturated rings. The molecular weight excluding hydrogens is 460 g/mol. The first-order valence-corrected chi connectivity index (χ1v) is 15.0. The topological polar surface area (TPSA) is 74.8 Å². The van der Waals surface area contributed by atoms with E-state index in [1.165, 1.54) is 7.42 Å². The summed E-state index contributed by atoms with van der Waals surface area (Å²) >= 11 is 0. The predicted molar refractivity (Wildman–Crippen MR) is 127 cm³/mol. The van der Waals surface area contributed by atoms with Crippen molar-refractivity contribution < 1.29 is 16.8 Å². The van der Waals surface area contributed by atoms with Gasteiger partial charge in [-0.15, -0.1) is 7.42 Å². The minimum absolute atomic E-state index is 0.119. The zero-order valence-corrected chi connectivity index (χ0v) is 20.4. The summed E-state index contributed by atoms with van der Waals surface area (Å²) in [6.07, 6.45) is 1.26. The molecule has 0 aliphatic carbocycles. The highest BCUT2D eigenvalue weighted by Crippen LogP contribution is 2.36. The number of hydrogen-bond donors (Lipinski definition) is 0. The normalized spacial score (nSPS) is 12.5. The number of rotatable bonds is 13. The fourth-order valence-electron chi connectivity index (χ4n) is 2.60. The first kappa shape index (κ1) is 25.2. The molecule has 2 aromatic carbocycles. The maximum absolute atomic E-state index is 12.9. The average Bonchev–Trinajstić information content (AvgIpc) is 2.70. The van der Waals surface area contributed by atoms with Crippen LogP contribution in [0.4, 0.5) is 0 Å². The van der Waals surface area contributed by atoms with Crippen LogP contribution in [-0.4, -0.2) is 37.3 Å². The summed E-state index contributed by atoms with van der Waals surface area (Å²) in [5.74, 6) is -0.238. The van der Waals surface area contributed by atoms with Crippen molar-refractivity contribution in [2.75, 3.05) is 13.1 Å². The van der Waals surface area contributed by atoms with Crippen LogP contribution in [0.1, 0.15) is 37.8 Å². The van der Waals surface area contributed by atoms with E-state index in [-0.39, 0.29) is 11.5 Å².